The van der Waals surface area contributed by atoms with E-state index in [1.807, 2.05) is 38.7 Å². The Morgan fingerprint density at radius 2 is 1.60 bits per heavy atom. The summed E-state index contributed by atoms with van der Waals surface area (Å²) in [7, 11) is -3.43. The zero-order valence-corrected chi connectivity index (χ0v) is 16.4. The first kappa shape index (κ1) is 19.9. The first-order chi connectivity index (χ1) is 11.7. The van der Waals surface area contributed by atoms with Gasteiger partial charge in [-0.15, -0.1) is 0 Å². The maximum atomic E-state index is 12.6. The van der Waals surface area contributed by atoms with Crippen LogP contribution < -0.4 is 4.90 Å². The van der Waals surface area contributed by atoms with Gasteiger partial charge in [0.2, 0.25) is 10.0 Å². The molecule has 1 aromatic rings. The van der Waals surface area contributed by atoms with Crippen LogP contribution in [-0.4, -0.2) is 68.3 Å². The first-order valence-electron chi connectivity index (χ1n) is 8.93. The molecule has 0 unspecified atom stereocenters. The Bertz CT molecular complexity index is 658. The van der Waals surface area contributed by atoms with E-state index in [1.54, 1.807) is 24.3 Å². The summed E-state index contributed by atoms with van der Waals surface area (Å²) in [4.78, 5) is 16.0. The Labute approximate surface area is 151 Å². The number of hydrogen-bond donors (Lipinski definition) is 1. The molecular formula is C18H30N3O3S+. The summed E-state index contributed by atoms with van der Waals surface area (Å²) in [6, 6.07) is 8.88. The van der Waals surface area contributed by atoms with Gasteiger partial charge in [-0.25, -0.2) is 8.42 Å². The largest absolute Gasteiger partial charge is 0.333 e. The third-order valence-electron chi connectivity index (χ3n) is 4.61. The third-order valence-corrected chi connectivity index (χ3v) is 6.53. The van der Waals surface area contributed by atoms with Crippen molar-refractivity contribution in [3.8, 4) is 0 Å². The normalized spacial score (nSPS) is 17.2. The van der Waals surface area contributed by atoms with Crippen molar-refractivity contribution in [2.75, 3.05) is 32.7 Å². The Morgan fingerprint density at radius 1 is 1.08 bits per heavy atom. The number of piperazine rings is 1. The molecule has 0 aliphatic carbocycles. The standard InChI is InChI=1S/C18H29N3O3S/c1-15(2)21(16(3)4)18(22)14-19-10-12-20(13-11-19)25(23,24)17-8-6-5-7-9-17/h5-9,15-16H,10-14H2,1-4H3/p+1. The van der Waals surface area contributed by atoms with Crippen molar-refractivity contribution in [2.24, 2.45) is 0 Å². The average molecular weight is 369 g/mol. The van der Waals surface area contributed by atoms with E-state index in [0.29, 0.717) is 37.6 Å². The maximum absolute atomic E-state index is 12.6. The van der Waals surface area contributed by atoms with Gasteiger partial charge in [-0.3, -0.25) is 4.79 Å². The van der Waals surface area contributed by atoms with Gasteiger partial charge in [-0.2, -0.15) is 4.31 Å². The zero-order valence-electron chi connectivity index (χ0n) is 15.6. The summed E-state index contributed by atoms with van der Waals surface area (Å²) < 4.78 is 26.8. The van der Waals surface area contributed by atoms with Gasteiger partial charge in [0, 0.05) is 12.1 Å². The monoisotopic (exact) mass is 368 g/mol. The highest BCUT2D eigenvalue weighted by Gasteiger charge is 2.32. The summed E-state index contributed by atoms with van der Waals surface area (Å²) in [6.07, 6.45) is 0. The molecule has 7 heteroatoms. The molecule has 0 atom stereocenters. The molecule has 6 nitrogen and oxygen atoms in total. The number of carbonyl (C=O) groups excluding carboxylic acids is 1. The van der Waals surface area contributed by atoms with Crippen LogP contribution in [0.4, 0.5) is 0 Å². The van der Waals surface area contributed by atoms with E-state index in [1.165, 1.54) is 4.31 Å². The number of benzene rings is 1. The lowest BCUT2D eigenvalue weighted by atomic mass is 10.2. The molecule has 1 amide bonds. The molecule has 0 spiro atoms. The molecule has 1 aliphatic rings. The Hall–Kier alpha value is -1.44. The second-order valence-corrected chi connectivity index (χ2v) is 9.07. The molecule has 25 heavy (non-hydrogen) atoms. The topological polar surface area (TPSA) is 62.1 Å². The van der Waals surface area contributed by atoms with Gasteiger partial charge in [0.05, 0.1) is 31.1 Å². The Kier molecular flexibility index (Phi) is 6.59. The third kappa shape index (κ3) is 4.80. The van der Waals surface area contributed by atoms with Crippen LogP contribution in [0, 0.1) is 0 Å². The van der Waals surface area contributed by atoms with E-state index in [4.69, 9.17) is 0 Å². The number of amides is 1. The highest BCUT2D eigenvalue weighted by atomic mass is 32.2. The smallest absolute Gasteiger partial charge is 0.278 e. The quantitative estimate of drug-likeness (QED) is 0.781. The highest BCUT2D eigenvalue weighted by Crippen LogP contribution is 2.14. The van der Waals surface area contributed by atoms with Crippen molar-refractivity contribution >= 4 is 15.9 Å². The number of sulfonamides is 1. The van der Waals surface area contributed by atoms with Crippen LogP contribution >= 0.6 is 0 Å². The van der Waals surface area contributed by atoms with E-state index in [0.717, 1.165) is 4.90 Å². The second-order valence-electron chi connectivity index (χ2n) is 7.13. The van der Waals surface area contributed by atoms with Crippen LogP contribution in [0.2, 0.25) is 0 Å². The zero-order chi connectivity index (χ0) is 18.6. The predicted octanol–water partition coefficient (Wildman–Crippen LogP) is 0.221. The summed E-state index contributed by atoms with van der Waals surface area (Å²) in [5, 5.41) is 0. The van der Waals surface area contributed by atoms with Gasteiger partial charge in [0.25, 0.3) is 5.91 Å². The summed E-state index contributed by atoms with van der Waals surface area (Å²) in [5.74, 6) is 0.138. The lowest BCUT2D eigenvalue weighted by molar-refractivity contribution is -0.896. The molecule has 1 aromatic carbocycles. The number of carbonyl (C=O) groups is 1. The summed E-state index contributed by atoms with van der Waals surface area (Å²) in [6.45, 7) is 10.7. The van der Waals surface area contributed by atoms with Crippen molar-refractivity contribution in [1.29, 1.82) is 0 Å². The molecule has 1 heterocycles. The summed E-state index contributed by atoms with van der Waals surface area (Å²) >= 11 is 0. The van der Waals surface area contributed by atoms with Crippen LogP contribution in [0.3, 0.4) is 0 Å². The fraction of sp³-hybridized carbons (Fsp3) is 0.611. The molecule has 1 fully saturated rings. The van der Waals surface area contributed by atoms with Crippen LogP contribution in [0.15, 0.2) is 35.2 Å². The Morgan fingerprint density at radius 3 is 2.08 bits per heavy atom. The molecule has 0 bridgehead atoms. The van der Waals surface area contributed by atoms with Gasteiger partial charge in [0.1, 0.15) is 0 Å². The number of hydrogen-bond acceptors (Lipinski definition) is 3. The molecule has 0 aromatic heterocycles. The van der Waals surface area contributed by atoms with Crippen molar-refractivity contribution in [3.05, 3.63) is 30.3 Å². The number of quaternary nitrogens is 1. The SMILES string of the molecule is CC(C)N(C(=O)C[NH+]1CCN(S(=O)(=O)c2ccccc2)CC1)C(C)C. The van der Waals surface area contributed by atoms with Crippen LogP contribution in [0.25, 0.3) is 0 Å². The van der Waals surface area contributed by atoms with Crippen molar-refractivity contribution in [1.82, 2.24) is 9.21 Å². The first-order valence-corrected chi connectivity index (χ1v) is 10.4. The van der Waals surface area contributed by atoms with E-state index < -0.39 is 10.0 Å². The number of nitrogens with one attached hydrogen (secondary N) is 1. The summed E-state index contributed by atoms with van der Waals surface area (Å²) in [5.41, 5.74) is 0. The molecule has 140 valence electrons. The van der Waals surface area contributed by atoms with Crippen LogP contribution in [0.5, 0.6) is 0 Å². The minimum atomic E-state index is -3.43. The van der Waals surface area contributed by atoms with Crippen molar-refractivity contribution in [2.45, 2.75) is 44.7 Å². The van der Waals surface area contributed by atoms with E-state index in [-0.39, 0.29) is 18.0 Å². The van der Waals surface area contributed by atoms with E-state index in [9.17, 15) is 13.2 Å². The molecule has 1 saturated heterocycles. The maximum Gasteiger partial charge on any atom is 0.278 e. The molecule has 0 saturated carbocycles. The lowest BCUT2D eigenvalue weighted by Gasteiger charge is -2.35. The van der Waals surface area contributed by atoms with Gasteiger partial charge in [-0.05, 0) is 39.8 Å². The van der Waals surface area contributed by atoms with Crippen LogP contribution in [-0.2, 0) is 14.8 Å². The van der Waals surface area contributed by atoms with Crippen molar-refractivity contribution in [3.63, 3.8) is 0 Å². The molecule has 2 rings (SSSR count). The fourth-order valence-corrected chi connectivity index (χ4v) is 4.90. The van der Waals surface area contributed by atoms with Gasteiger partial charge in [0.15, 0.2) is 6.54 Å². The van der Waals surface area contributed by atoms with Crippen molar-refractivity contribution < 1.29 is 18.1 Å². The lowest BCUT2D eigenvalue weighted by Crippen LogP contribution is -3.15. The van der Waals surface area contributed by atoms with E-state index >= 15 is 0 Å². The molecule has 1 N–H and O–H groups in total. The van der Waals surface area contributed by atoms with Crippen LogP contribution in [0.1, 0.15) is 27.7 Å². The predicted molar refractivity (Wildman–Crippen MR) is 97.9 cm³/mol. The number of nitrogens with zero attached hydrogens (tertiary/aromatic N) is 2. The minimum Gasteiger partial charge on any atom is -0.333 e. The van der Waals surface area contributed by atoms with Gasteiger partial charge >= 0.3 is 0 Å². The average Bonchev–Trinajstić information content (AvgIpc) is 2.55. The minimum absolute atomic E-state index is 0.138. The second kappa shape index (κ2) is 8.29. The fourth-order valence-electron chi connectivity index (χ4n) is 3.44. The van der Waals surface area contributed by atoms with E-state index in [2.05, 4.69) is 0 Å². The van der Waals surface area contributed by atoms with Gasteiger partial charge < -0.3 is 9.80 Å². The molecular weight excluding hydrogens is 338 g/mol. The highest BCUT2D eigenvalue weighted by molar-refractivity contribution is 7.89. The number of rotatable bonds is 6. The molecule has 1 aliphatic heterocycles. The Balaban J connectivity index is 1.95. The molecule has 0 radical (unpaired) electrons. The van der Waals surface area contributed by atoms with Gasteiger partial charge in [-0.1, -0.05) is 18.2 Å².